The molecule has 0 radical (unpaired) electrons. The zero-order valence-corrected chi connectivity index (χ0v) is 24.3. The Balaban J connectivity index is 0.955. The molecule has 2 aromatic carbocycles. The van der Waals surface area contributed by atoms with Crippen LogP contribution in [0.4, 0.5) is 0 Å². The van der Waals surface area contributed by atoms with Crippen LogP contribution in [0.5, 0.6) is 0 Å². The summed E-state index contributed by atoms with van der Waals surface area (Å²) in [5.41, 5.74) is 3.23. The summed E-state index contributed by atoms with van der Waals surface area (Å²) in [5.74, 6) is -1.14. The SMILES string of the molecule is O=C1CCC(N2C(=O)c3cccc(CCOCCCCCNC(c4cccnc4)c4cc5ccccc5o4)c3C2=O)C(=O)N1. The summed E-state index contributed by atoms with van der Waals surface area (Å²) < 4.78 is 12.0. The van der Waals surface area contributed by atoms with E-state index in [0.29, 0.717) is 30.8 Å². The highest BCUT2D eigenvalue weighted by Crippen LogP contribution is 2.31. The Morgan fingerprint density at radius 2 is 1.86 bits per heavy atom. The maximum atomic E-state index is 13.2. The summed E-state index contributed by atoms with van der Waals surface area (Å²) in [4.78, 5) is 55.4. The molecule has 2 atom stereocenters. The van der Waals surface area contributed by atoms with Gasteiger partial charge < -0.3 is 14.5 Å². The van der Waals surface area contributed by atoms with Gasteiger partial charge in [-0.1, -0.05) is 36.4 Å². The van der Waals surface area contributed by atoms with Crippen molar-refractivity contribution in [1.82, 2.24) is 20.5 Å². The van der Waals surface area contributed by atoms with Crippen molar-refractivity contribution in [2.75, 3.05) is 19.8 Å². The third-order valence-corrected chi connectivity index (χ3v) is 8.13. The van der Waals surface area contributed by atoms with Crippen LogP contribution in [0, 0.1) is 0 Å². The molecule has 44 heavy (non-hydrogen) atoms. The van der Waals surface area contributed by atoms with Gasteiger partial charge in [-0.15, -0.1) is 0 Å². The fraction of sp³-hybridized carbons (Fsp3) is 0.324. The van der Waals surface area contributed by atoms with Crippen LogP contribution in [0.2, 0.25) is 0 Å². The minimum Gasteiger partial charge on any atom is -0.459 e. The lowest BCUT2D eigenvalue weighted by molar-refractivity contribution is -0.136. The summed E-state index contributed by atoms with van der Waals surface area (Å²) in [5, 5.41) is 6.91. The number of fused-ring (bicyclic) bond motifs is 2. The van der Waals surface area contributed by atoms with Crippen molar-refractivity contribution in [3.8, 4) is 0 Å². The number of imide groups is 2. The van der Waals surface area contributed by atoms with E-state index >= 15 is 0 Å². The molecule has 2 unspecified atom stereocenters. The first-order chi connectivity index (χ1) is 21.5. The van der Waals surface area contributed by atoms with Gasteiger partial charge in [-0.2, -0.15) is 0 Å². The van der Waals surface area contributed by atoms with Gasteiger partial charge in [0.25, 0.3) is 11.8 Å². The first-order valence-electron chi connectivity index (χ1n) is 15.0. The van der Waals surface area contributed by atoms with E-state index < -0.39 is 29.7 Å². The van der Waals surface area contributed by atoms with Gasteiger partial charge in [0.15, 0.2) is 0 Å². The molecule has 2 aliphatic heterocycles. The lowest BCUT2D eigenvalue weighted by atomic mass is 10.0. The monoisotopic (exact) mass is 594 g/mol. The maximum absolute atomic E-state index is 13.2. The average molecular weight is 595 g/mol. The Bertz CT molecular complexity index is 1650. The largest absolute Gasteiger partial charge is 0.459 e. The summed E-state index contributed by atoms with van der Waals surface area (Å²) in [6.45, 7) is 1.79. The number of carbonyl (C=O) groups excluding carboxylic acids is 4. The highest BCUT2D eigenvalue weighted by atomic mass is 16.5. The van der Waals surface area contributed by atoms with Crippen molar-refractivity contribution in [1.29, 1.82) is 0 Å². The van der Waals surface area contributed by atoms with Crippen molar-refractivity contribution in [3.63, 3.8) is 0 Å². The molecule has 6 rings (SSSR count). The third kappa shape index (κ3) is 6.17. The standard InChI is InChI=1S/C34H34N4O6/c39-29-14-13-26(32(40)37-29)38-33(41)25-11-6-9-22(30(25)34(38)42)15-19-43-18-5-1-4-17-36-31(24-10-7-16-35-21-24)28-20-23-8-2-3-12-27(23)44-28/h2-3,6-12,16,20-21,26,31,36H,1,4-5,13-15,17-19H2,(H,37,39,40). The van der Waals surface area contributed by atoms with Gasteiger partial charge in [0.2, 0.25) is 11.8 Å². The predicted octanol–water partition coefficient (Wildman–Crippen LogP) is 4.34. The number of unbranched alkanes of at least 4 members (excludes halogenated alkanes) is 2. The molecule has 10 heteroatoms. The van der Waals surface area contributed by atoms with Crippen LogP contribution >= 0.6 is 0 Å². The predicted molar refractivity (Wildman–Crippen MR) is 162 cm³/mol. The number of nitrogens with one attached hydrogen (secondary N) is 2. The molecule has 4 amide bonds. The zero-order chi connectivity index (χ0) is 30.5. The van der Waals surface area contributed by atoms with Crippen LogP contribution in [-0.4, -0.2) is 59.3 Å². The summed E-state index contributed by atoms with van der Waals surface area (Å²) >= 11 is 0. The Morgan fingerprint density at radius 3 is 2.68 bits per heavy atom. The number of furan rings is 1. The number of ether oxygens (including phenoxy) is 1. The molecule has 2 N–H and O–H groups in total. The molecule has 4 heterocycles. The first-order valence-corrected chi connectivity index (χ1v) is 15.0. The molecule has 0 spiro atoms. The smallest absolute Gasteiger partial charge is 0.262 e. The second kappa shape index (κ2) is 13.3. The Morgan fingerprint density at radius 1 is 0.977 bits per heavy atom. The molecule has 2 aliphatic rings. The van der Waals surface area contributed by atoms with Gasteiger partial charge in [0.1, 0.15) is 17.4 Å². The maximum Gasteiger partial charge on any atom is 0.262 e. The van der Waals surface area contributed by atoms with Crippen LogP contribution in [0.3, 0.4) is 0 Å². The normalized spacial score (nSPS) is 17.3. The Hall–Kier alpha value is -4.67. The number of nitrogens with zero attached hydrogens (tertiary/aromatic N) is 2. The van der Waals surface area contributed by atoms with Gasteiger partial charge >= 0.3 is 0 Å². The highest BCUT2D eigenvalue weighted by molar-refractivity contribution is 6.24. The van der Waals surface area contributed by atoms with E-state index in [1.165, 1.54) is 0 Å². The van der Waals surface area contributed by atoms with Crippen molar-refractivity contribution < 1.29 is 28.3 Å². The number of rotatable bonds is 13. The number of pyridine rings is 1. The van der Waals surface area contributed by atoms with E-state index in [1.807, 2.05) is 48.7 Å². The summed E-state index contributed by atoms with van der Waals surface area (Å²) in [6.07, 6.45) is 7.13. The van der Waals surface area contributed by atoms with Crippen LogP contribution in [0.25, 0.3) is 11.0 Å². The number of piperidine rings is 1. The fourth-order valence-corrected chi connectivity index (χ4v) is 5.90. The number of carbonyl (C=O) groups is 4. The molecule has 226 valence electrons. The summed E-state index contributed by atoms with van der Waals surface area (Å²) in [7, 11) is 0. The molecule has 1 fully saturated rings. The van der Waals surface area contributed by atoms with Gasteiger partial charge in [0.05, 0.1) is 23.8 Å². The van der Waals surface area contributed by atoms with Crippen LogP contribution in [-0.2, 0) is 20.7 Å². The molecular formula is C34H34N4O6. The number of aromatic nitrogens is 1. The molecule has 0 bridgehead atoms. The summed E-state index contributed by atoms with van der Waals surface area (Å²) in [6, 6.07) is 18.1. The number of benzene rings is 2. The average Bonchev–Trinajstić information content (AvgIpc) is 3.57. The van der Waals surface area contributed by atoms with Crippen LogP contribution in [0.15, 0.2) is 77.5 Å². The van der Waals surface area contributed by atoms with Crippen molar-refractivity contribution >= 4 is 34.6 Å². The lowest BCUT2D eigenvalue weighted by Crippen LogP contribution is -2.54. The second-order valence-electron chi connectivity index (χ2n) is 11.1. The van der Waals surface area contributed by atoms with Gasteiger partial charge in [-0.05, 0) is 74.0 Å². The molecular weight excluding hydrogens is 560 g/mol. The highest BCUT2D eigenvalue weighted by Gasteiger charge is 2.45. The van der Waals surface area contributed by atoms with E-state index in [1.54, 1.807) is 18.3 Å². The number of hydrogen-bond donors (Lipinski definition) is 2. The van der Waals surface area contributed by atoms with E-state index in [0.717, 1.165) is 53.0 Å². The van der Waals surface area contributed by atoms with E-state index in [9.17, 15) is 19.2 Å². The van der Waals surface area contributed by atoms with E-state index in [2.05, 4.69) is 21.7 Å². The number of amides is 4. The molecule has 2 aromatic heterocycles. The zero-order valence-electron chi connectivity index (χ0n) is 24.3. The van der Waals surface area contributed by atoms with Crippen molar-refractivity contribution in [2.45, 2.75) is 50.6 Å². The molecule has 10 nitrogen and oxygen atoms in total. The Kier molecular flexibility index (Phi) is 8.90. The van der Waals surface area contributed by atoms with Gasteiger partial charge in [-0.3, -0.25) is 34.4 Å². The molecule has 0 saturated carbocycles. The second-order valence-corrected chi connectivity index (χ2v) is 11.1. The minimum atomic E-state index is -0.975. The van der Waals surface area contributed by atoms with Gasteiger partial charge in [-0.25, -0.2) is 0 Å². The Labute approximate surface area is 254 Å². The molecule has 4 aromatic rings. The topological polar surface area (TPSA) is 131 Å². The third-order valence-electron chi connectivity index (χ3n) is 8.13. The van der Waals surface area contributed by atoms with Gasteiger partial charge in [0, 0.05) is 30.8 Å². The lowest BCUT2D eigenvalue weighted by Gasteiger charge is -2.27. The minimum absolute atomic E-state index is 0.0902. The van der Waals surface area contributed by atoms with E-state index in [4.69, 9.17) is 9.15 Å². The molecule has 1 saturated heterocycles. The molecule has 0 aliphatic carbocycles. The first kappa shape index (κ1) is 29.4. The quantitative estimate of drug-likeness (QED) is 0.173. The fourth-order valence-electron chi connectivity index (χ4n) is 5.90. The van der Waals surface area contributed by atoms with E-state index in [-0.39, 0.29) is 24.4 Å². The number of para-hydroxylation sites is 1. The van der Waals surface area contributed by atoms with Crippen LogP contribution < -0.4 is 10.6 Å². The van der Waals surface area contributed by atoms with Crippen molar-refractivity contribution in [3.05, 3.63) is 101 Å². The van der Waals surface area contributed by atoms with Crippen LogP contribution in [0.1, 0.15) is 75.7 Å². The van der Waals surface area contributed by atoms with Crippen molar-refractivity contribution in [2.24, 2.45) is 0 Å². The number of hydrogen-bond acceptors (Lipinski definition) is 8.